The lowest BCUT2D eigenvalue weighted by Gasteiger charge is -2.30. The van der Waals surface area contributed by atoms with Crippen molar-refractivity contribution in [1.29, 1.82) is 0 Å². The first-order valence-electron chi connectivity index (χ1n) is 9.43. The van der Waals surface area contributed by atoms with Gasteiger partial charge in [0.1, 0.15) is 11.6 Å². The van der Waals surface area contributed by atoms with Crippen LogP contribution in [0.5, 0.6) is 5.75 Å². The molecule has 1 N–H and O–H groups in total. The molecule has 1 fully saturated rings. The van der Waals surface area contributed by atoms with E-state index in [4.69, 9.17) is 4.74 Å². The van der Waals surface area contributed by atoms with Crippen molar-refractivity contribution in [2.45, 2.75) is 23.7 Å². The van der Waals surface area contributed by atoms with Crippen molar-refractivity contribution in [3.8, 4) is 17.0 Å². The monoisotopic (exact) mass is 415 g/mol. The van der Waals surface area contributed by atoms with E-state index in [2.05, 4.69) is 10.2 Å². The van der Waals surface area contributed by atoms with Crippen LogP contribution in [0.2, 0.25) is 0 Å². The Bertz CT molecular complexity index is 1090. The lowest BCUT2D eigenvalue weighted by molar-refractivity contribution is 0.316. The zero-order valence-electron chi connectivity index (χ0n) is 16.0. The van der Waals surface area contributed by atoms with Gasteiger partial charge in [-0.05, 0) is 55.3 Å². The average Bonchev–Trinajstić information content (AvgIpc) is 3.24. The number of halogens is 1. The van der Waals surface area contributed by atoms with E-state index in [1.54, 1.807) is 7.11 Å². The number of ether oxygens (including phenoxy) is 1. The van der Waals surface area contributed by atoms with E-state index in [0.717, 1.165) is 22.7 Å². The number of hydrogen-bond donors (Lipinski definition) is 1. The maximum Gasteiger partial charge on any atom is 0.243 e. The molecule has 152 valence electrons. The van der Waals surface area contributed by atoms with Crippen LogP contribution in [-0.2, 0) is 10.0 Å². The Morgan fingerprint density at radius 3 is 2.52 bits per heavy atom. The maximum atomic E-state index is 13.1. The summed E-state index contributed by atoms with van der Waals surface area (Å²) < 4.78 is 45.4. The Morgan fingerprint density at radius 1 is 1.10 bits per heavy atom. The molecule has 0 bridgehead atoms. The summed E-state index contributed by atoms with van der Waals surface area (Å²) in [6.45, 7) is 0.829. The average molecular weight is 415 g/mol. The van der Waals surface area contributed by atoms with Crippen LogP contribution in [-0.4, -0.2) is 43.1 Å². The number of sulfonamides is 1. The van der Waals surface area contributed by atoms with Gasteiger partial charge in [-0.15, -0.1) is 0 Å². The van der Waals surface area contributed by atoms with Crippen molar-refractivity contribution in [2.75, 3.05) is 20.2 Å². The largest absolute Gasteiger partial charge is 0.497 e. The van der Waals surface area contributed by atoms with Crippen LogP contribution in [0.1, 0.15) is 24.5 Å². The van der Waals surface area contributed by atoms with E-state index in [9.17, 15) is 12.8 Å². The fourth-order valence-corrected chi connectivity index (χ4v) is 5.11. The second-order valence-corrected chi connectivity index (χ2v) is 9.01. The van der Waals surface area contributed by atoms with Crippen molar-refractivity contribution < 1.29 is 17.5 Å². The SMILES string of the molecule is COc1cccc(-c2cc(C3CCN(S(=O)(=O)c4ccc(F)cc4)CC3)[nH]n2)c1. The van der Waals surface area contributed by atoms with Gasteiger partial charge in [-0.1, -0.05) is 12.1 Å². The molecule has 0 unspecified atom stereocenters. The van der Waals surface area contributed by atoms with Crippen molar-refractivity contribution in [1.82, 2.24) is 14.5 Å². The second kappa shape index (κ2) is 7.96. The zero-order valence-corrected chi connectivity index (χ0v) is 16.8. The summed E-state index contributed by atoms with van der Waals surface area (Å²) in [5, 5.41) is 7.52. The molecule has 29 heavy (non-hydrogen) atoms. The van der Waals surface area contributed by atoms with Gasteiger partial charge in [-0.3, -0.25) is 5.10 Å². The van der Waals surface area contributed by atoms with Gasteiger partial charge in [-0.25, -0.2) is 12.8 Å². The summed E-state index contributed by atoms with van der Waals surface area (Å²) in [7, 11) is -1.98. The molecule has 3 aromatic rings. The highest BCUT2D eigenvalue weighted by Crippen LogP contribution is 2.32. The number of nitrogens with zero attached hydrogens (tertiary/aromatic N) is 2. The summed E-state index contributed by atoms with van der Waals surface area (Å²) in [6.07, 6.45) is 1.39. The van der Waals surface area contributed by atoms with Crippen LogP contribution in [0.3, 0.4) is 0 Å². The van der Waals surface area contributed by atoms with Crippen LogP contribution in [0, 0.1) is 5.82 Å². The highest BCUT2D eigenvalue weighted by atomic mass is 32.2. The number of methoxy groups -OCH3 is 1. The van der Waals surface area contributed by atoms with Crippen LogP contribution in [0.4, 0.5) is 4.39 Å². The van der Waals surface area contributed by atoms with E-state index >= 15 is 0 Å². The molecule has 0 amide bonds. The van der Waals surface area contributed by atoms with E-state index < -0.39 is 15.8 Å². The molecule has 0 radical (unpaired) electrons. The first kappa shape index (κ1) is 19.6. The maximum absolute atomic E-state index is 13.1. The Balaban J connectivity index is 1.45. The van der Waals surface area contributed by atoms with E-state index in [1.165, 1.54) is 28.6 Å². The molecule has 1 aromatic heterocycles. The van der Waals surface area contributed by atoms with Gasteiger partial charge in [0.25, 0.3) is 0 Å². The third kappa shape index (κ3) is 4.04. The van der Waals surface area contributed by atoms with E-state index in [-0.39, 0.29) is 10.8 Å². The first-order chi connectivity index (χ1) is 14.0. The summed E-state index contributed by atoms with van der Waals surface area (Å²) in [4.78, 5) is 0.124. The second-order valence-electron chi connectivity index (χ2n) is 7.07. The quantitative estimate of drug-likeness (QED) is 0.688. The predicted octanol–water partition coefficient (Wildman–Crippen LogP) is 3.79. The molecule has 1 saturated heterocycles. The zero-order chi connectivity index (χ0) is 20.4. The van der Waals surface area contributed by atoms with Crippen LogP contribution < -0.4 is 4.74 Å². The molecular weight excluding hydrogens is 393 g/mol. The molecule has 1 aliphatic rings. The van der Waals surface area contributed by atoms with Gasteiger partial charge in [0.2, 0.25) is 10.0 Å². The van der Waals surface area contributed by atoms with Crippen LogP contribution in [0.25, 0.3) is 11.3 Å². The Kier molecular flexibility index (Phi) is 5.38. The standard InChI is InChI=1S/C21H22FN3O3S/c1-28-18-4-2-3-16(13-18)21-14-20(23-24-21)15-9-11-25(12-10-15)29(26,27)19-7-5-17(22)6-8-19/h2-8,13-15H,9-12H2,1H3,(H,23,24). The number of piperidine rings is 1. The Hall–Kier alpha value is -2.71. The van der Waals surface area contributed by atoms with Gasteiger partial charge in [0, 0.05) is 30.3 Å². The van der Waals surface area contributed by atoms with Crippen molar-refractivity contribution in [3.05, 3.63) is 66.1 Å². The normalized spacial score (nSPS) is 16.1. The summed E-state index contributed by atoms with van der Waals surface area (Å²) in [5.41, 5.74) is 2.80. The van der Waals surface area contributed by atoms with Gasteiger partial charge in [-0.2, -0.15) is 9.40 Å². The lowest BCUT2D eigenvalue weighted by atomic mass is 9.94. The summed E-state index contributed by atoms with van der Waals surface area (Å²) in [6, 6.07) is 14.7. The molecule has 2 aromatic carbocycles. The molecule has 0 spiro atoms. The van der Waals surface area contributed by atoms with Crippen molar-refractivity contribution >= 4 is 10.0 Å². The molecule has 4 rings (SSSR count). The van der Waals surface area contributed by atoms with Crippen molar-refractivity contribution in [2.24, 2.45) is 0 Å². The molecular formula is C21H22FN3O3S. The van der Waals surface area contributed by atoms with Gasteiger partial charge in [0.05, 0.1) is 17.7 Å². The minimum atomic E-state index is -3.60. The summed E-state index contributed by atoms with van der Waals surface area (Å²) in [5.74, 6) is 0.529. The van der Waals surface area contributed by atoms with Crippen LogP contribution in [0.15, 0.2) is 59.5 Å². The van der Waals surface area contributed by atoms with Gasteiger partial charge >= 0.3 is 0 Å². The van der Waals surface area contributed by atoms with Crippen LogP contribution >= 0.6 is 0 Å². The number of aromatic amines is 1. The number of rotatable bonds is 5. The Labute approximate surface area is 169 Å². The topological polar surface area (TPSA) is 75.3 Å². The predicted molar refractivity (Wildman–Crippen MR) is 108 cm³/mol. The number of H-pyrrole nitrogens is 1. The van der Waals surface area contributed by atoms with Gasteiger partial charge in [0.15, 0.2) is 0 Å². The van der Waals surface area contributed by atoms with Gasteiger partial charge < -0.3 is 4.74 Å². The van der Waals surface area contributed by atoms with E-state index in [1.807, 2.05) is 30.3 Å². The highest BCUT2D eigenvalue weighted by Gasteiger charge is 2.30. The molecule has 0 aliphatic carbocycles. The van der Waals surface area contributed by atoms with Crippen molar-refractivity contribution in [3.63, 3.8) is 0 Å². The number of nitrogens with one attached hydrogen (secondary N) is 1. The molecule has 2 heterocycles. The smallest absolute Gasteiger partial charge is 0.243 e. The highest BCUT2D eigenvalue weighted by molar-refractivity contribution is 7.89. The molecule has 0 saturated carbocycles. The number of hydrogen-bond acceptors (Lipinski definition) is 4. The molecule has 6 nitrogen and oxygen atoms in total. The molecule has 8 heteroatoms. The lowest BCUT2D eigenvalue weighted by Crippen LogP contribution is -2.37. The molecule has 0 atom stereocenters. The minimum absolute atomic E-state index is 0.124. The third-order valence-corrected chi connectivity index (χ3v) is 7.22. The number of aromatic nitrogens is 2. The molecule has 1 aliphatic heterocycles. The fraction of sp³-hybridized carbons (Fsp3) is 0.286. The first-order valence-corrected chi connectivity index (χ1v) is 10.9. The third-order valence-electron chi connectivity index (χ3n) is 5.31. The number of benzene rings is 2. The Morgan fingerprint density at radius 2 is 1.83 bits per heavy atom. The summed E-state index contributed by atoms with van der Waals surface area (Å²) >= 11 is 0. The fourth-order valence-electron chi connectivity index (χ4n) is 3.64. The minimum Gasteiger partial charge on any atom is -0.497 e. The van der Waals surface area contributed by atoms with E-state index in [0.29, 0.717) is 25.9 Å².